The van der Waals surface area contributed by atoms with Crippen LogP contribution in [0, 0.1) is 10.6 Å². The smallest absolute Gasteiger partial charge is 0.196 e. The number of hydrogen-bond acceptors (Lipinski definition) is 2. The number of benzene rings is 2. The summed E-state index contributed by atoms with van der Waals surface area (Å²) in [6.07, 6.45) is 0. The number of aromatic amines is 1. The lowest BCUT2D eigenvalue weighted by Gasteiger charge is -2.16. The normalized spacial score (nSPS) is 12.3. The molecule has 0 aliphatic rings. The second-order valence-corrected chi connectivity index (χ2v) is 5.17. The first-order valence-corrected chi connectivity index (χ1v) is 7.06. The maximum atomic E-state index is 14.0. The maximum absolute atomic E-state index is 14.0. The van der Waals surface area contributed by atoms with Crippen LogP contribution in [0.3, 0.4) is 0 Å². The molecule has 0 radical (unpaired) electrons. The second kappa shape index (κ2) is 5.61. The van der Waals surface area contributed by atoms with Gasteiger partial charge in [0.2, 0.25) is 0 Å². The molecule has 3 nitrogen and oxygen atoms in total. The Morgan fingerprint density at radius 2 is 1.76 bits per heavy atom. The monoisotopic (exact) mass is 299 g/mol. The summed E-state index contributed by atoms with van der Waals surface area (Å²) in [5.74, 6) is 0.462. The Bertz CT molecular complexity index is 808. The number of nitrogens with one attached hydrogen (secondary N) is 1. The Hall–Kier alpha value is -2.27. The maximum Gasteiger partial charge on any atom is 0.196 e. The Morgan fingerprint density at radius 1 is 1.10 bits per heavy atom. The summed E-state index contributed by atoms with van der Waals surface area (Å²) in [5, 5.41) is 7.08. The van der Waals surface area contributed by atoms with Crippen molar-refractivity contribution in [1.29, 1.82) is 0 Å². The van der Waals surface area contributed by atoms with Crippen LogP contribution < -0.4 is 0 Å². The molecule has 5 heteroatoms. The highest BCUT2D eigenvalue weighted by atomic mass is 32.1. The van der Waals surface area contributed by atoms with Gasteiger partial charge in [-0.1, -0.05) is 48.5 Å². The van der Waals surface area contributed by atoms with Gasteiger partial charge in [0.05, 0.1) is 6.04 Å². The first-order chi connectivity index (χ1) is 10.2. The van der Waals surface area contributed by atoms with Gasteiger partial charge in [0.15, 0.2) is 10.6 Å². The first kappa shape index (κ1) is 13.7. The zero-order valence-corrected chi connectivity index (χ0v) is 12.3. The molecule has 0 aliphatic heterocycles. The van der Waals surface area contributed by atoms with Crippen LogP contribution in [-0.4, -0.2) is 14.8 Å². The van der Waals surface area contributed by atoms with Crippen molar-refractivity contribution in [3.05, 3.63) is 70.7 Å². The van der Waals surface area contributed by atoms with Crippen LogP contribution in [0.2, 0.25) is 0 Å². The molecular weight excluding hydrogens is 285 g/mol. The van der Waals surface area contributed by atoms with Gasteiger partial charge in [0.1, 0.15) is 5.82 Å². The van der Waals surface area contributed by atoms with Gasteiger partial charge in [-0.05, 0) is 25.2 Å². The first-order valence-electron chi connectivity index (χ1n) is 6.65. The molecular formula is C16H14FN3S. The lowest BCUT2D eigenvalue weighted by molar-refractivity contribution is 0.556. The molecule has 3 aromatic rings. The number of aromatic nitrogens is 3. The van der Waals surface area contributed by atoms with Crippen molar-refractivity contribution in [2.45, 2.75) is 13.0 Å². The minimum Gasteiger partial charge on any atom is -0.293 e. The number of nitrogens with zero attached hydrogens (tertiary/aromatic N) is 2. The Labute approximate surface area is 127 Å². The molecule has 0 saturated carbocycles. The van der Waals surface area contributed by atoms with Crippen molar-refractivity contribution in [3.63, 3.8) is 0 Å². The minimum absolute atomic E-state index is 0.243. The van der Waals surface area contributed by atoms with Gasteiger partial charge in [-0.15, -0.1) is 0 Å². The summed E-state index contributed by atoms with van der Waals surface area (Å²) < 4.78 is 16.3. The molecule has 106 valence electrons. The molecule has 21 heavy (non-hydrogen) atoms. The van der Waals surface area contributed by atoms with Crippen molar-refractivity contribution in [2.24, 2.45) is 0 Å². The predicted octanol–water partition coefficient (Wildman–Crippen LogP) is 4.36. The van der Waals surface area contributed by atoms with E-state index >= 15 is 0 Å². The zero-order valence-electron chi connectivity index (χ0n) is 11.5. The van der Waals surface area contributed by atoms with Crippen LogP contribution in [-0.2, 0) is 0 Å². The molecule has 0 saturated heterocycles. The van der Waals surface area contributed by atoms with Gasteiger partial charge in [0, 0.05) is 11.1 Å². The average molecular weight is 299 g/mol. The van der Waals surface area contributed by atoms with Crippen molar-refractivity contribution < 1.29 is 4.39 Å². The van der Waals surface area contributed by atoms with E-state index in [0.717, 1.165) is 5.56 Å². The Balaban J connectivity index is 2.14. The van der Waals surface area contributed by atoms with Crippen LogP contribution >= 0.6 is 12.2 Å². The quantitative estimate of drug-likeness (QED) is 0.729. The van der Waals surface area contributed by atoms with Crippen LogP contribution in [0.25, 0.3) is 11.4 Å². The van der Waals surface area contributed by atoms with Crippen LogP contribution in [0.5, 0.6) is 0 Å². The van der Waals surface area contributed by atoms with Crippen molar-refractivity contribution in [3.8, 4) is 11.4 Å². The summed E-state index contributed by atoms with van der Waals surface area (Å²) in [6, 6.07) is 16.2. The van der Waals surface area contributed by atoms with Gasteiger partial charge < -0.3 is 0 Å². The van der Waals surface area contributed by atoms with Crippen molar-refractivity contribution in [1.82, 2.24) is 14.8 Å². The number of halogens is 1. The summed E-state index contributed by atoms with van der Waals surface area (Å²) >= 11 is 5.31. The van der Waals surface area contributed by atoms with E-state index in [-0.39, 0.29) is 11.9 Å². The van der Waals surface area contributed by atoms with Gasteiger partial charge in [-0.25, -0.2) is 4.39 Å². The van der Waals surface area contributed by atoms with Gasteiger partial charge >= 0.3 is 0 Å². The fourth-order valence-corrected chi connectivity index (χ4v) is 2.70. The lowest BCUT2D eigenvalue weighted by Crippen LogP contribution is -2.10. The minimum atomic E-state index is -0.243. The molecule has 3 rings (SSSR count). The third-order valence-corrected chi connectivity index (χ3v) is 3.77. The fourth-order valence-electron chi connectivity index (χ4n) is 2.41. The molecule has 0 spiro atoms. The third-order valence-electron chi connectivity index (χ3n) is 3.48. The van der Waals surface area contributed by atoms with Crippen LogP contribution in [0.15, 0.2) is 54.6 Å². The molecule has 1 aromatic heterocycles. The SMILES string of the molecule is CC(c1ccccc1F)n1c(-c2ccccc2)n[nH]c1=S. The van der Waals surface area contributed by atoms with Gasteiger partial charge in [0.25, 0.3) is 0 Å². The number of hydrogen-bond donors (Lipinski definition) is 1. The summed E-state index contributed by atoms with van der Waals surface area (Å²) in [6.45, 7) is 1.91. The molecule has 0 bridgehead atoms. The largest absolute Gasteiger partial charge is 0.293 e. The Morgan fingerprint density at radius 3 is 2.48 bits per heavy atom. The average Bonchev–Trinajstić information content (AvgIpc) is 2.90. The van der Waals surface area contributed by atoms with E-state index < -0.39 is 0 Å². The highest BCUT2D eigenvalue weighted by molar-refractivity contribution is 7.71. The molecule has 1 unspecified atom stereocenters. The zero-order chi connectivity index (χ0) is 14.8. The van der Waals surface area contributed by atoms with E-state index in [1.807, 2.05) is 47.9 Å². The Kier molecular flexibility index (Phi) is 3.66. The second-order valence-electron chi connectivity index (χ2n) is 4.79. The molecule has 0 amide bonds. The van der Waals surface area contributed by atoms with E-state index in [2.05, 4.69) is 10.2 Å². The van der Waals surface area contributed by atoms with Crippen LogP contribution in [0.1, 0.15) is 18.5 Å². The molecule has 1 N–H and O–H groups in total. The summed E-state index contributed by atoms with van der Waals surface area (Å²) in [4.78, 5) is 0. The molecule has 0 aliphatic carbocycles. The standard InChI is InChI=1S/C16H14FN3S/c1-11(13-9-5-6-10-14(13)17)20-15(18-19-16(20)21)12-7-3-2-4-8-12/h2-11H,1H3,(H,19,21). The lowest BCUT2D eigenvalue weighted by atomic mass is 10.1. The van der Waals surface area contributed by atoms with Crippen LogP contribution in [0.4, 0.5) is 4.39 Å². The van der Waals surface area contributed by atoms with Gasteiger partial charge in [-0.3, -0.25) is 9.67 Å². The van der Waals surface area contributed by atoms with E-state index in [9.17, 15) is 4.39 Å². The van der Waals surface area contributed by atoms with E-state index in [4.69, 9.17) is 12.2 Å². The highest BCUT2D eigenvalue weighted by Gasteiger charge is 2.18. The third kappa shape index (κ3) is 2.52. The topological polar surface area (TPSA) is 33.6 Å². The van der Waals surface area contributed by atoms with E-state index in [1.165, 1.54) is 6.07 Å². The number of H-pyrrole nitrogens is 1. The van der Waals surface area contributed by atoms with Crippen molar-refractivity contribution in [2.75, 3.05) is 0 Å². The molecule has 0 fully saturated rings. The predicted molar refractivity (Wildman–Crippen MR) is 83.1 cm³/mol. The molecule has 1 heterocycles. The summed E-state index contributed by atoms with van der Waals surface area (Å²) in [5.41, 5.74) is 1.53. The van der Waals surface area contributed by atoms with Gasteiger partial charge in [-0.2, -0.15) is 5.10 Å². The van der Waals surface area contributed by atoms with Crippen molar-refractivity contribution >= 4 is 12.2 Å². The van der Waals surface area contributed by atoms with E-state index in [0.29, 0.717) is 16.2 Å². The summed E-state index contributed by atoms with van der Waals surface area (Å²) in [7, 11) is 0. The van der Waals surface area contributed by atoms with E-state index in [1.54, 1.807) is 12.1 Å². The molecule has 2 aromatic carbocycles. The highest BCUT2D eigenvalue weighted by Crippen LogP contribution is 2.26. The number of rotatable bonds is 3. The fraction of sp³-hybridized carbons (Fsp3) is 0.125. The molecule has 1 atom stereocenters.